The van der Waals surface area contributed by atoms with Crippen molar-refractivity contribution in [1.29, 1.82) is 0 Å². The Bertz CT molecular complexity index is 400. The van der Waals surface area contributed by atoms with E-state index < -0.39 is 5.97 Å². The number of hydrogen-bond donors (Lipinski definition) is 1. The fourth-order valence-electron chi connectivity index (χ4n) is 1.24. The van der Waals surface area contributed by atoms with E-state index in [0.717, 1.165) is 0 Å². The highest BCUT2D eigenvalue weighted by molar-refractivity contribution is 5.78. The predicted molar refractivity (Wildman–Crippen MR) is 60.3 cm³/mol. The van der Waals surface area contributed by atoms with E-state index in [0.29, 0.717) is 24.0 Å². The zero-order chi connectivity index (χ0) is 12.7. The third-order valence-electron chi connectivity index (χ3n) is 2.09. The Kier molecular flexibility index (Phi) is 5.16. The van der Waals surface area contributed by atoms with Gasteiger partial charge >= 0.3 is 5.97 Å². The van der Waals surface area contributed by atoms with E-state index in [1.54, 1.807) is 0 Å². The number of carbonyl (C=O) groups is 2. The molecular weight excluding hydrogens is 224 g/mol. The van der Waals surface area contributed by atoms with Gasteiger partial charge in [-0.2, -0.15) is 0 Å². The van der Waals surface area contributed by atoms with Crippen LogP contribution in [0.5, 0.6) is 11.5 Å². The Hall–Kier alpha value is -1.88. The molecule has 0 unspecified atom stereocenters. The van der Waals surface area contributed by atoms with Crippen molar-refractivity contribution < 1.29 is 24.2 Å². The Morgan fingerprint density at radius 2 is 2.18 bits per heavy atom. The fraction of sp³-hybridized carbons (Fsp3) is 0.333. The van der Waals surface area contributed by atoms with Gasteiger partial charge in [-0.05, 0) is 24.6 Å². The first-order chi connectivity index (χ1) is 8.21. The lowest BCUT2D eigenvalue weighted by atomic mass is 10.2. The predicted octanol–water partition coefficient (Wildman–Crippen LogP) is 1.19. The summed E-state index contributed by atoms with van der Waals surface area (Å²) in [5.74, 6) is 0.143. The molecule has 0 saturated heterocycles. The number of esters is 1. The molecule has 0 aliphatic carbocycles. The highest BCUT2D eigenvalue weighted by Gasteiger charge is 2.10. The minimum Gasteiger partial charge on any atom is -0.493 e. The molecule has 0 atom stereocenters. The van der Waals surface area contributed by atoms with Crippen LogP contribution in [0.3, 0.4) is 0 Å². The zero-order valence-corrected chi connectivity index (χ0v) is 9.51. The van der Waals surface area contributed by atoms with Crippen LogP contribution >= 0.6 is 0 Å². The topological polar surface area (TPSA) is 72.8 Å². The van der Waals surface area contributed by atoms with Gasteiger partial charge in [0, 0.05) is 18.6 Å². The second-order valence-corrected chi connectivity index (χ2v) is 3.33. The Morgan fingerprint density at radius 3 is 2.76 bits per heavy atom. The van der Waals surface area contributed by atoms with Gasteiger partial charge in [0.05, 0.1) is 7.11 Å². The summed E-state index contributed by atoms with van der Waals surface area (Å²) in [6.45, 7) is -0.0592. The van der Waals surface area contributed by atoms with Crippen molar-refractivity contribution in [3.05, 3.63) is 23.8 Å². The molecule has 0 fully saturated rings. The first-order valence-corrected chi connectivity index (χ1v) is 5.16. The summed E-state index contributed by atoms with van der Waals surface area (Å²) in [5.41, 5.74) is 0.442. The van der Waals surface area contributed by atoms with Crippen LogP contribution in [-0.2, 0) is 4.79 Å². The Morgan fingerprint density at radius 1 is 1.41 bits per heavy atom. The van der Waals surface area contributed by atoms with Gasteiger partial charge < -0.3 is 14.6 Å². The van der Waals surface area contributed by atoms with Gasteiger partial charge in [0.1, 0.15) is 6.29 Å². The van der Waals surface area contributed by atoms with Crippen LogP contribution in [0.25, 0.3) is 0 Å². The van der Waals surface area contributed by atoms with Crippen LogP contribution in [0, 0.1) is 0 Å². The molecule has 1 aromatic carbocycles. The van der Waals surface area contributed by atoms with E-state index in [4.69, 9.17) is 14.6 Å². The summed E-state index contributed by atoms with van der Waals surface area (Å²) in [4.78, 5) is 21.9. The normalized spacial score (nSPS) is 9.76. The molecule has 1 rings (SSSR count). The van der Waals surface area contributed by atoms with Crippen LogP contribution < -0.4 is 9.47 Å². The Labute approximate surface area is 99.0 Å². The summed E-state index contributed by atoms with van der Waals surface area (Å²) in [7, 11) is 1.43. The van der Waals surface area contributed by atoms with Crippen molar-refractivity contribution in [3.8, 4) is 11.5 Å². The largest absolute Gasteiger partial charge is 0.493 e. The van der Waals surface area contributed by atoms with E-state index >= 15 is 0 Å². The zero-order valence-electron chi connectivity index (χ0n) is 9.51. The van der Waals surface area contributed by atoms with Crippen LogP contribution in [0.4, 0.5) is 0 Å². The highest BCUT2D eigenvalue weighted by Crippen LogP contribution is 2.27. The summed E-state index contributed by atoms with van der Waals surface area (Å²) >= 11 is 0. The van der Waals surface area contributed by atoms with Crippen molar-refractivity contribution in [2.75, 3.05) is 13.7 Å². The van der Waals surface area contributed by atoms with Crippen molar-refractivity contribution in [2.45, 2.75) is 12.8 Å². The van der Waals surface area contributed by atoms with Crippen LogP contribution in [0.1, 0.15) is 23.2 Å². The molecule has 0 radical (unpaired) electrons. The van der Waals surface area contributed by atoms with E-state index in [2.05, 4.69) is 0 Å². The average molecular weight is 238 g/mol. The maximum atomic E-state index is 11.3. The van der Waals surface area contributed by atoms with Crippen LogP contribution in [0.15, 0.2) is 18.2 Å². The van der Waals surface area contributed by atoms with Gasteiger partial charge in [-0.3, -0.25) is 9.59 Å². The number of rotatable bonds is 6. The summed E-state index contributed by atoms with van der Waals surface area (Å²) in [5, 5.41) is 8.58. The number of aldehydes is 1. The van der Waals surface area contributed by atoms with Gasteiger partial charge in [0.25, 0.3) is 0 Å². The third kappa shape index (κ3) is 3.88. The van der Waals surface area contributed by atoms with Gasteiger partial charge in [-0.25, -0.2) is 0 Å². The molecule has 17 heavy (non-hydrogen) atoms. The van der Waals surface area contributed by atoms with Crippen molar-refractivity contribution in [1.82, 2.24) is 0 Å². The minimum atomic E-state index is -0.448. The first kappa shape index (κ1) is 13.2. The molecule has 5 nitrogen and oxygen atoms in total. The van der Waals surface area contributed by atoms with Crippen LogP contribution in [-0.4, -0.2) is 31.1 Å². The lowest BCUT2D eigenvalue weighted by Gasteiger charge is -2.09. The van der Waals surface area contributed by atoms with Gasteiger partial charge in [-0.1, -0.05) is 0 Å². The molecule has 0 aliphatic heterocycles. The molecule has 0 bridgehead atoms. The van der Waals surface area contributed by atoms with E-state index in [1.165, 1.54) is 25.3 Å². The highest BCUT2D eigenvalue weighted by atomic mass is 16.6. The second-order valence-electron chi connectivity index (χ2n) is 3.33. The fourth-order valence-corrected chi connectivity index (χ4v) is 1.24. The van der Waals surface area contributed by atoms with Gasteiger partial charge in [-0.15, -0.1) is 0 Å². The number of aliphatic hydroxyl groups excluding tert-OH is 1. The lowest BCUT2D eigenvalue weighted by molar-refractivity contribution is -0.134. The molecule has 92 valence electrons. The SMILES string of the molecule is COc1cc(C=O)ccc1OC(=O)CCCO. The van der Waals surface area contributed by atoms with Crippen molar-refractivity contribution in [2.24, 2.45) is 0 Å². The molecule has 0 spiro atoms. The number of carbonyl (C=O) groups excluding carboxylic acids is 2. The second kappa shape index (κ2) is 6.65. The minimum absolute atomic E-state index is 0.0592. The maximum absolute atomic E-state index is 11.3. The summed E-state index contributed by atoms with van der Waals surface area (Å²) in [6.07, 6.45) is 1.17. The molecule has 0 heterocycles. The van der Waals surface area contributed by atoms with Crippen molar-refractivity contribution in [3.63, 3.8) is 0 Å². The van der Waals surface area contributed by atoms with Gasteiger partial charge in [0.15, 0.2) is 11.5 Å². The number of ether oxygens (including phenoxy) is 2. The van der Waals surface area contributed by atoms with Crippen molar-refractivity contribution >= 4 is 12.3 Å². The van der Waals surface area contributed by atoms with E-state index in [9.17, 15) is 9.59 Å². The maximum Gasteiger partial charge on any atom is 0.311 e. The molecule has 1 N–H and O–H groups in total. The summed E-state index contributed by atoms with van der Waals surface area (Å²) in [6, 6.07) is 4.52. The lowest BCUT2D eigenvalue weighted by Crippen LogP contribution is -2.09. The van der Waals surface area contributed by atoms with Crippen LogP contribution in [0.2, 0.25) is 0 Å². The monoisotopic (exact) mass is 238 g/mol. The quantitative estimate of drug-likeness (QED) is 0.457. The van der Waals surface area contributed by atoms with E-state index in [-0.39, 0.29) is 18.8 Å². The Balaban J connectivity index is 2.76. The smallest absolute Gasteiger partial charge is 0.311 e. The molecule has 0 saturated carbocycles. The molecular formula is C12H14O5. The number of benzene rings is 1. The number of methoxy groups -OCH3 is 1. The average Bonchev–Trinajstić information content (AvgIpc) is 2.36. The standard InChI is InChI=1S/C12H14O5/c1-16-11-7-9(8-14)4-5-10(11)17-12(15)3-2-6-13/h4-5,7-8,13H,2-3,6H2,1H3. The molecule has 5 heteroatoms. The molecule has 0 amide bonds. The first-order valence-electron chi connectivity index (χ1n) is 5.16. The molecule has 0 aliphatic rings. The number of aliphatic hydroxyl groups is 1. The summed E-state index contributed by atoms with van der Waals surface area (Å²) < 4.78 is 10.1. The van der Waals surface area contributed by atoms with Gasteiger partial charge in [0.2, 0.25) is 0 Å². The number of hydrogen-bond acceptors (Lipinski definition) is 5. The molecule has 0 aromatic heterocycles. The van der Waals surface area contributed by atoms with E-state index in [1.807, 2.05) is 0 Å². The third-order valence-corrected chi connectivity index (χ3v) is 2.09. The molecule has 1 aromatic rings.